The second kappa shape index (κ2) is 5.42. The number of hydroxylamine groups is 2. The van der Waals surface area contributed by atoms with Crippen LogP contribution in [0.1, 0.15) is 26.2 Å². The molecule has 1 rings (SSSR count). The van der Waals surface area contributed by atoms with Gasteiger partial charge in [0.05, 0.1) is 19.4 Å². The molecule has 7 heteroatoms. The van der Waals surface area contributed by atoms with Gasteiger partial charge in [-0.2, -0.15) is 0 Å². The van der Waals surface area contributed by atoms with E-state index in [0.29, 0.717) is 5.06 Å². The molecule has 0 saturated carbocycles. The van der Waals surface area contributed by atoms with E-state index in [0.717, 1.165) is 0 Å². The van der Waals surface area contributed by atoms with Crippen LogP contribution in [-0.4, -0.2) is 35.9 Å². The van der Waals surface area contributed by atoms with Crippen LogP contribution < -0.4 is 0 Å². The number of ether oxygens (including phenoxy) is 1. The van der Waals surface area contributed by atoms with Crippen LogP contribution in [0.4, 0.5) is 0 Å². The van der Waals surface area contributed by atoms with E-state index in [9.17, 15) is 19.2 Å². The molecule has 7 nitrogen and oxygen atoms in total. The van der Waals surface area contributed by atoms with Gasteiger partial charge in [0.1, 0.15) is 0 Å². The second-order valence-corrected chi connectivity index (χ2v) is 3.67. The van der Waals surface area contributed by atoms with Crippen molar-refractivity contribution < 1.29 is 28.8 Å². The summed E-state index contributed by atoms with van der Waals surface area (Å²) in [5.74, 6) is -3.24. The van der Waals surface area contributed by atoms with Crippen LogP contribution in [0.2, 0.25) is 0 Å². The van der Waals surface area contributed by atoms with Crippen molar-refractivity contribution in [3.05, 3.63) is 0 Å². The minimum atomic E-state index is -0.806. The van der Waals surface area contributed by atoms with Crippen molar-refractivity contribution in [2.75, 3.05) is 7.11 Å². The topological polar surface area (TPSA) is 90.0 Å². The summed E-state index contributed by atoms with van der Waals surface area (Å²) in [6.45, 7) is 1.45. The van der Waals surface area contributed by atoms with Crippen LogP contribution in [-0.2, 0) is 28.8 Å². The van der Waals surface area contributed by atoms with E-state index in [-0.39, 0.29) is 19.3 Å². The zero-order chi connectivity index (χ0) is 13.0. The van der Waals surface area contributed by atoms with Crippen LogP contribution in [0.25, 0.3) is 0 Å². The molecule has 94 valence electrons. The molecule has 1 heterocycles. The third-order valence-corrected chi connectivity index (χ3v) is 2.29. The first-order valence-corrected chi connectivity index (χ1v) is 5.10. The molecule has 0 aliphatic carbocycles. The highest BCUT2D eigenvalue weighted by atomic mass is 16.7. The van der Waals surface area contributed by atoms with Crippen molar-refractivity contribution in [2.24, 2.45) is 5.92 Å². The fourth-order valence-electron chi connectivity index (χ4n) is 1.25. The SMILES string of the molecule is COC(=O)CC(C)C(=O)ON1C(=O)CCC1=O. The normalized spacial score (nSPS) is 16.9. The minimum absolute atomic E-state index is 0.0392. The summed E-state index contributed by atoms with van der Waals surface area (Å²) in [5, 5.41) is 0.454. The first kappa shape index (κ1) is 13.1. The average molecular weight is 243 g/mol. The Kier molecular flexibility index (Phi) is 4.19. The van der Waals surface area contributed by atoms with E-state index in [1.54, 1.807) is 0 Å². The van der Waals surface area contributed by atoms with Crippen molar-refractivity contribution in [1.82, 2.24) is 5.06 Å². The summed E-state index contributed by atoms with van der Waals surface area (Å²) >= 11 is 0. The molecule has 0 spiro atoms. The summed E-state index contributed by atoms with van der Waals surface area (Å²) in [7, 11) is 1.20. The summed E-state index contributed by atoms with van der Waals surface area (Å²) in [6, 6.07) is 0. The van der Waals surface area contributed by atoms with E-state index >= 15 is 0 Å². The van der Waals surface area contributed by atoms with E-state index < -0.39 is 29.7 Å². The highest BCUT2D eigenvalue weighted by Gasteiger charge is 2.34. The molecule has 1 saturated heterocycles. The molecule has 1 unspecified atom stereocenters. The maximum Gasteiger partial charge on any atom is 0.336 e. The monoisotopic (exact) mass is 243 g/mol. The lowest BCUT2D eigenvalue weighted by Crippen LogP contribution is -2.34. The largest absolute Gasteiger partial charge is 0.469 e. The van der Waals surface area contributed by atoms with Crippen molar-refractivity contribution in [2.45, 2.75) is 26.2 Å². The van der Waals surface area contributed by atoms with E-state index in [4.69, 9.17) is 0 Å². The number of carbonyl (C=O) groups is 4. The Morgan fingerprint density at radius 1 is 1.29 bits per heavy atom. The number of imide groups is 1. The second-order valence-electron chi connectivity index (χ2n) is 3.67. The summed E-state index contributed by atoms with van der Waals surface area (Å²) in [4.78, 5) is 49.3. The molecule has 0 aromatic rings. The Morgan fingerprint density at radius 2 is 1.82 bits per heavy atom. The fourth-order valence-corrected chi connectivity index (χ4v) is 1.25. The van der Waals surface area contributed by atoms with Crippen LogP contribution in [0, 0.1) is 5.92 Å². The van der Waals surface area contributed by atoms with Gasteiger partial charge >= 0.3 is 11.9 Å². The molecule has 1 aliphatic rings. The molecule has 2 amide bonds. The lowest BCUT2D eigenvalue weighted by Gasteiger charge is -2.15. The molecule has 1 fully saturated rings. The van der Waals surface area contributed by atoms with E-state index in [1.165, 1.54) is 14.0 Å². The van der Waals surface area contributed by atoms with Gasteiger partial charge in [-0.05, 0) is 0 Å². The minimum Gasteiger partial charge on any atom is -0.469 e. The van der Waals surface area contributed by atoms with Gasteiger partial charge in [-0.15, -0.1) is 5.06 Å². The van der Waals surface area contributed by atoms with Crippen LogP contribution in [0.5, 0.6) is 0 Å². The van der Waals surface area contributed by atoms with Crippen LogP contribution in [0.3, 0.4) is 0 Å². The molecule has 0 N–H and O–H groups in total. The molecular weight excluding hydrogens is 230 g/mol. The molecule has 0 radical (unpaired) electrons. The average Bonchev–Trinajstić information content (AvgIpc) is 2.60. The predicted molar refractivity (Wildman–Crippen MR) is 53.0 cm³/mol. The number of amides is 2. The predicted octanol–water partition coefficient (Wildman–Crippen LogP) is -0.207. The highest BCUT2D eigenvalue weighted by molar-refractivity contribution is 6.01. The zero-order valence-electron chi connectivity index (χ0n) is 9.60. The molecule has 0 bridgehead atoms. The van der Waals surface area contributed by atoms with Crippen LogP contribution in [0.15, 0.2) is 0 Å². The Hall–Kier alpha value is -1.92. The summed E-state index contributed by atoms with van der Waals surface area (Å²) in [5.41, 5.74) is 0. The maximum atomic E-state index is 11.5. The van der Waals surface area contributed by atoms with Gasteiger partial charge < -0.3 is 9.57 Å². The number of carbonyl (C=O) groups excluding carboxylic acids is 4. The Bertz CT molecular complexity index is 348. The summed E-state index contributed by atoms with van der Waals surface area (Å²) in [6.07, 6.45) is -0.0828. The quantitative estimate of drug-likeness (QED) is 0.501. The third-order valence-electron chi connectivity index (χ3n) is 2.29. The van der Waals surface area contributed by atoms with E-state index in [1.807, 2.05) is 0 Å². The molecule has 1 atom stereocenters. The molecule has 17 heavy (non-hydrogen) atoms. The van der Waals surface area contributed by atoms with Crippen LogP contribution >= 0.6 is 0 Å². The molecular formula is C10H13NO6. The van der Waals surface area contributed by atoms with Crippen molar-refractivity contribution in [1.29, 1.82) is 0 Å². The third kappa shape index (κ3) is 3.27. The van der Waals surface area contributed by atoms with Crippen molar-refractivity contribution in [3.63, 3.8) is 0 Å². The standard InChI is InChI=1S/C10H13NO6/c1-6(5-9(14)16-2)10(15)17-11-7(12)3-4-8(11)13/h6H,3-5H2,1-2H3. The lowest BCUT2D eigenvalue weighted by atomic mass is 10.1. The van der Waals surface area contributed by atoms with Gasteiger partial charge in [0.2, 0.25) is 0 Å². The van der Waals surface area contributed by atoms with Gasteiger partial charge in [-0.1, -0.05) is 6.92 Å². The molecule has 1 aliphatic heterocycles. The number of hydrogen-bond donors (Lipinski definition) is 0. The smallest absolute Gasteiger partial charge is 0.336 e. The van der Waals surface area contributed by atoms with E-state index in [2.05, 4.69) is 9.57 Å². The zero-order valence-corrected chi connectivity index (χ0v) is 9.60. The Balaban J connectivity index is 2.51. The number of nitrogens with zero attached hydrogens (tertiary/aromatic N) is 1. The maximum absolute atomic E-state index is 11.5. The van der Waals surface area contributed by atoms with Crippen molar-refractivity contribution >= 4 is 23.8 Å². The Labute approximate surface area is 97.6 Å². The Morgan fingerprint density at radius 3 is 2.29 bits per heavy atom. The van der Waals surface area contributed by atoms with Gasteiger partial charge in [-0.25, -0.2) is 4.79 Å². The fraction of sp³-hybridized carbons (Fsp3) is 0.600. The first-order valence-electron chi connectivity index (χ1n) is 5.10. The van der Waals surface area contributed by atoms with Gasteiger partial charge in [0.25, 0.3) is 11.8 Å². The number of methoxy groups -OCH3 is 1. The number of esters is 1. The van der Waals surface area contributed by atoms with Gasteiger partial charge in [0, 0.05) is 12.8 Å². The number of hydrogen-bond acceptors (Lipinski definition) is 6. The first-order chi connectivity index (χ1) is 7.95. The highest BCUT2D eigenvalue weighted by Crippen LogP contribution is 2.15. The van der Waals surface area contributed by atoms with Gasteiger partial charge in [-0.3, -0.25) is 14.4 Å². The number of rotatable bonds is 4. The molecule has 0 aromatic heterocycles. The van der Waals surface area contributed by atoms with Crippen molar-refractivity contribution in [3.8, 4) is 0 Å². The summed E-state index contributed by atoms with van der Waals surface area (Å²) < 4.78 is 4.39. The van der Waals surface area contributed by atoms with Gasteiger partial charge in [0.15, 0.2) is 0 Å². The molecule has 0 aromatic carbocycles. The lowest BCUT2D eigenvalue weighted by molar-refractivity contribution is -0.200.